The molecule has 3 amide bonds. The standard InChI is InChI=1S/C24H21N5O4S/c1-34(32,33)23-20-12-19(10-11-21(20)27-28-23)25-22(30)15-6-8-18(9-7-15)26-24(31)29-13-16-4-2-3-5-17(16)14-29/h2-12H,13-14H2,1H3,(H,25,30)(H,26,31)(H,27,28). The van der Waals surface area contributed by atoms with Crippen LogP contribution in [0.25, 0.3) is 10.9 Å². The van der Waals surface area contributed by atoms with Crippen LogP contribution in [-0.2, 0) is 22.9 Å². The first kappa shape index (κ1) is 21.7. The predicted molar refractivity (Wildman–Crippen MR) is 128 cm³/mol. The van der Waals surface area contributed by atoms with Gasteiger partial charge in [0.1, 0.15) is 0 Å². The summed E-state index contributed by atoms with van der Waals surface area (Å²) in [7, 11) is -3.51. The van der Waals surface area contributed by atoms with E-state index in [0.29, 0.717) is 40.9 Å². The Labute approximate surface area is 195 Å². The van der Waals surface area contributed by atoms with Crippen molar-refractivity contribution < 1.29 is 18.0 Å². The lowest BCUT2D eigenvalue weighted by atomic mass is 10.1. The molecule has 0 saturated heterocycles. The van der Waals surface area contributed by atoms with E-state index in [4.69, 9.17) is 0 Å². The Balaban J connectivity index is 1.25. The molecular formula is C24H21N5O4S. The van der Waals surface area contributed by atoms with E-state index >= 15 is 0 Å². The number of nitrogens with one attached hydrogen (secondary N) is 3. The summed E-state index contributed by atoms with van der Waals surface area (Å²) >= 11 is 0. The monoisotopic (exact) mass is 475 g/mol. The topological polar surface area (TPSA) is 124 Å². The Bertz CT molecular complexity index is 1500. The number of fused-ring (bicyclic) bond motifs is 2. The molecule has 0 spiro atoms. The van der Waals surface area contributed by atoms with Gasteiger partial charge in [-0.15, -0.1) is 0 Å². The number of hydrogen-bond donors (Lipinski definition) is 3. The van der Waals surface area contributed by atoms with E-state index in [1.807, 2.05) is 24.3 Å². The SMILES string of the molecule is CS(=O)(=O)c1n[nH]c2ccc(NC(=O)c3ccc(NC(=O)N4Cc5ccccc5C4)cc3)cc12. The number of anilines is 2. The fourth-order valence-electron chi connectivity index (χ4n) is 3.94. The van der Waals surface area contributed by atoms with Gasteiger partial charge >= 0.3 is 6.03 Å². The number of amides is 3. The highest BCUT2D eigenvalue weighted by molar-refractivity contribution is 7.90. The molecule has 2 heterocycles. The fourth-order valence-corrected chi connectivity index (χ4v) is 4.72. The summed E-state index contributed by atoms with van der Waals surface area (Å²) in [6.07, 6.45) is 1.08. The summed E-state index contributed by atoms with van der Waals surface area (Å²) < 4.78 is 23.8. The van der Waals surface area contributed by atoms with Crippen molar-refractivity contribution in [2.45, 2.75) is 18.1 Å². The van der Waals surface area contributed by atoms with Crippen molar-refractivity contribution in [3.8, 4) is 0 Å². The van der Waals surface area contributed by atoms with Crippen LogP contribution in [0.3, 0.4) is 0 Å². The number of carbonyl (C=O) groups excluding carboxylic acids is 2. The highest BCUT2D eigenvalue weighted by atomic mass is 32.2. The third-order valence-electron chi connectivity index (χ3n) is 5.66. The van der Waals surface area contributed by atoms with Crippen LogP contribution in [0.2, 0.25) is 0 Å². The van der Waals surface area contributed by atoms with Crippen LogP contribution in [0.1, 0.15) is 21.5 Å². The summed E-state index contributed by atoms with van der Waals surface area (Å²) in [5.74, 6) is -0.364. The van der Waals surface area contributed by atoms with Crippen LogP contribution in [-0.4, -0.2) is 41.7 Å². The molecule has 0 bridgehead atoms. The number of benzene rings is 3. The highest BCUT2D eigenvalue weighted by Gasteiger charge is 2.23. The normalized spacial score (nSPS) is 13.0. The number of rotatable bonds is 4. The molecule has 1 aliphatic rings. The van der Waals surface area contributed by atoms with Crippen molar-refractivity contribution in [3.63, 3.8) is 0 Å². The number of hydrogen-bond acceptors (Lipinski definition) is 5. The number of carbonyl (C=O) groups is 2. The molecule has 9 nitrogen and oxygen atoms in total. The van der Waals surface area contributed by atoms with E-state index in [9.17, 15) is 18.0 Å². The van der Waals surface area contributed by atoms with Gasteiger partial charge in [-0.2, -0.15) is 5.10 Å². The first-order valence-corrected chi connectivity index (χ1v) is 12.4. The van der Waals surface area contributed by atoms with Gasteiger partial charge in [-0.1, -0.05) is 24.3 Å². The molecule has 1 aliphatic heterocycles. The van der Waals surface area contributed by atoms with Crippen LogP contribution in [0, 0.1) is 0 Å². The van der Waals surface area contributed by atoms with Gasteiger partial charge < -0.3 is 15.5 Å². The molecule has 0 radical (unpaired) electrons. The Morgan fingerprint density at radius 1 is 0.912 bits per heavy atom. The average Bonchev–Trinajstić information content (AvgIpc) is 3.43. The first-order valence-electron chi connectivity index (χ1n) is 10.5. The summed E-state index contributed by atoms with van der Waals surface area (Å²) in [4.78, 5) is 27.0. The zero-order chi connectivity index (χ0) is 23.9. The molecule has 172 valence electrons. The lowest BCUT2D eigenvalue weighted by Gasteiger charge is -2.16. The Morgan fingerprint density at radius 3 is 2.21 bits per heavy atom. The molecule has 34 heavy (non-hydrogen) atoms. The molecule has 3 N–H and O–H groups in total. The van der Waals surface area contributed by atoms with Crippen LogP contribution < -0.4 is 10.6 Å². The molecule has 5 rings (SSSR count). The lowest BCUT2D eigenvalue weighted by Crippen LogP contribution is -2.30. The maximum atomic E-state index is 12.7. The second-order valence-corrected chi connectivity index (χ2v) is 10.1. The van der Waals surface area contributed by atoms with Gasteiger partial charge in [0, 0.05) is 41.7 Å². The summed E-state index contributed by atoms with van der Waals surface area (Å²) in [5, 5.41) is 12.5. The average molecular weight is 476 g/mol. The molecule has 4 aromatic rings. The van der Waals surface area contributed by atoms with Crippen LogP contribution in [0.4, 0.5) is 16.2 Å². The van der Waals surface area contributed by atoms with E-state index in [2.05, 4.69) is 20.8 Å². The Kier molecular flexibility index (Phi) is 5.29. The maximum Gasteiger partial charge on any atom is 0.322 e. The Morgan fingerprint density at radius 2 is 1.56 bits per heavy atom. The number of urea groups is 1. The highest BCUT2D eigenvalue weighted by Crippen LogP contribution is 2.25. The van der Waals surface area contributed by atoms with Crippen LogP contribution in [0.5, 0.6) is 0 Å². The minimum atomic E-state index is -3.51. The fraction of sp³-hybridized carbons (Fsp3) is 0.125. The number of aromatic amines is 1. The van der Waals surface area contributed by atoms with Crippen molar-refractivity contribution in [3.05, 3.63) is 83.4 Å². The second kappa shape index (κ2) is 8.31. The van der Waals surface area contributed by atoms with Gasteiger partial charge in [-0.25, -0.2) is 13.2 Å². The molecule has 0 unspecified atom stereocenters. The van der Waals surface area contributed by atoms with Crippen LogP contribution in [0.15, 0.2) is 71.8 Å². The zero-order valence-corrected chi connectivity index (χ0v) is 19.0. The molecule has 0 atom stereocenters. The van der Waals surface area contributed by atoms with E-state index in [0.717, 1.165) is 17.4 Å². The smallest absolute Gasteiger partial charge is 0.322 e. The van der Waals surface area contributed by atoms with Gasteiger partial charge in [-0.05, 0) is 53.6 Å². The number of aromatic nitrogens is 2. The molecule has 1 aromatic heterocycles. The molecule has 3 aromatic carbocycles. The number of sulfone groups is 1. The number of nitrogens with zero attached hydrogens (tertiary/aromatic N) is 2. The summed E-state index contributed by atoms with van der Waals surface area (Å²) in [5.41, 5.74) is 4.25. The van der Waals surface area contributed by atoms with Crippen molar-refractivity contribution in [1.29, 1.82) is 0 Å². The van der Waals surface area contributed by atoms with E-state index in [1.54, 1.807) is 47.4 Å². The van der Waals surface area contributed by atoms with E-state index in [1.165, 1.54) is 0 Å². The van der Waals surface area contributed by atoms with Gasteiger partial charge in [0.15, 0.2) is 14.9 Å². The zero-order valence-electron chi connectivity index (χ0n) is 18.2. The molecule has 0 aliphatic carbocycles. The summed E-state index contributed by atoms with van der Waals surface area (Å²) in [6, 6.07) is 19.2. The Hall–Kier alpha value is -4.18. The summed E-state index contributed by atoms with van der Waals surface area (Å²) in [6.45, 7) is 1.12. The quantitative estimate of drug-likeness (QED) is 0.415. The molecule has 10 heteroatoms. The van der Waals surface area contributed by atoms with E-state index in [-0.39, 0.29) is 17.0 Å². The van der Waals surface area contributed by atoms with Gasteiger partial charge in [-0.3, -0.25) is 9.89 Å². The maximum absolute atomic E-state index is 12.7. The van der Waals surface area contributed by atoms with Gasteiger partial charge in [0.25, 0.3) is 5.91 Å². The largest absolute Gasteiger partial charge is 0.322 e. The molecule has 0 fully saturated rings. The van der Waals surface area contributed by atoms with Gasteiger partial charge in [0.05, 0.1) is 5.52 Å². The second-order valence-electron chi connectivity index (χ2n) is 8.15. The van der Waals surface area contributed by atoms with Crippen molar-refractivity contribution >= 4 is 44.1 Å². The van der Waals surface area contributed by atoms with Crippen molar-refractivity contribution in [2.24, 2.45) is 0 Å². The molecule has 0 saturated carbocycles. The lowest BCUT2D eigenvalue weighted by molar-refractivity contribution is 0.102. The van der Waals surface area contributed by atoms with E-state index < -0.39 is 9.84 Å². The van der Waals surface area contributed by atoms with Crippen molar-refractivity contribution in [1.82, 2.24) is 15.1 Å². The first-order chi connectivity index (χ1) is 16.3. The van der Waals surface area contributed by atoms with Crippen molar-refractivity contribution in [2.75, 3.05) is 16.9 Å². The predicted octanol–water partition coefficient (Wildman–Crippen LogP) is 3.77. The third-order valence-corrected chi connectivity index (χ3v) is 6.68. The van der Waals surface area contributed by atoms with Gasteiger partial charge in [0.2, 0.25) is 0 Å². The minimum Gasteiger partial charge on any atom is -0.322 e. The third kappa shape index (κ3) is 4.23. The number of H-pyrrole nitrogens is 1. The van der Waals surface area contributed by atoms with Crippen LogP contribution >= 0.6 is 0 Å². The minimum absolute atomic E-state index is 0.0696. The molecular weight excluding hydrogens is 454 g/mol.